The molecule has 0 radical (unpaired) electrons. The number of benzene rings is 4. The molecule has 4 aromatic carbocycles. The molecule has 0 atom stereocenters. The van der Waals surface area contributed by atoms with Crippen LogP contribution in [0.15, 0.2) is 109 Å². The number of hydrogen-bond acceptors (Lipinski definition) is 2. The number of para-hydroxylation sites is 2. The van der Waals surface area contributed by atoms with Gasteiger partial charge in [-0.05, 0) is 46.5 Å². The summed E-state index contributed by atoms with van der Waals surface area (Å²) in [6.45, 7) is 0. The molecule has 1 aliphatic carbocycles. The van der Waals surface area contributed by atoms with Gasteiger partial charge < -0.3 is 9.47 Å². The summed E-state index contributed by atoms with van der Waals surface area (Å²) in [5.41, 5.74) is 5.30. The molecule has 5 rings (SSSR count). The second-order valence-corrected chi connectivity index (χ2v) is 7.25. The van der Waals surface area contributed by atoms with E-state index in [1.54, 1.807) is 0 Å². The van der Waals surface area contributed by atoms with E-state index in [9.17, 15) is 0 Å². The largest absolute Gasteiger partial charge is 0.455 e. The third kappa shape index (κ3) is 3.62. The average molecular weight is 378 g/mol. The van der Waals surface area contributed by atoms with Gasteiger partial charge in [0.05, 0.1) is 0 Å². The van der Waals surface area contributed by atoms with Crippen molar-refractivity contribution in [3.63, 3.8) is 0 Å². The van der Waals surface area contributed by atoms with Gasteiger partial charge in [0.25, 0.3) is 0 Å². The molecule has 142 valence electrons. The monoisotopic (exact) mass is 378 g/mol. The number of fused-ring (bicyclic) bond motifs is 3. The van der Waals surface area contributed by atoms with Crippen LogP contribution < -0.4 is 9.47 Å². The lowest BCUT2D eigenvalue weighted by molar-refractivity contribution is -0.00332. The maximum atomic E-state index is 6.29. The van der Waals surface area contributed by atoms with E-state index in [1.165, 1.54) is 22.3 Å². The molecule has 2 heteroatoms. The summed E-state index contributed by atoms with van der Waals surface area (Å²) >= 11 is 0. The number of rotatable bonds is 6. The lowest BCUT2D eigenvalue weighted by Crippen LogP contribution is -2.26. The van der Waals surface area contributed by atoms with E-state index >= 15 is 0 Å². The van der Waals surface area contributed by atoms with Crippen molar-refractivity contribution in [1.29, 1.82) is 0 Å². The van der Waals surface area contributed by atoms with Crippen molar-refractivity contribution in [2.24, 2.45) is 0 Å². The molecule has 0 saturated carbocycles. The van der Waals surface area contributed by atoms with Gasteiger partial charge in [-0.15, -0.1) is 0 Å². The van der Waals surface area contributed by atoms with Crippen LogP contribution in [0.25, 0.3) is 11.1 Å². The first-order valence-corrected chi connectivity index (χ1v) is 10.00. The summed E-state index contributed by atoms with van der Waals surface area (Å²) in [6.07, 6.45) is 0.335. The zero-order chi connectivity index (χ0) is 19.5. The van der Waals surface area contributed by atoms with Crippen molar-refractivity contribution in [2.45, 2.75) is 18.6 Å². The van der Waals surface area contributed by atoms with E-state index in [1.807, 2.05) is 60.7 Å². The Hall–Kier alpha value is -3.52. The van der Waals surface area contributed by atoms with E-state index < -0.39 is 6.29 Å². The van der Waals surface area contributed by atoms with E-state index in [0.717, 1.165) is 17.9 Å². The molecule has 1 aliphatic rings. The Balaban J connectivity index is 1.48. The smallest absolute Gasteiger partial charge is 0.242 e. The molecule has 0 aliphatic heterocycles. The maximum Gasteiger partial charge on any atom is 0.242 e. The third-order valence-corrected chi connectivity index (χ3v) is 5.41. The lowest BCUT2D eigenvalue weighted by Gasteiger charge is -2.24. The summed E-state index contributed by atoms with van der Waals surface area (Å²) in [5, 5.41) is 0. The van der Waals surface area contributed by atoms with Crippen LogP contribution in [0.2, 0.25) is 0 Å². The van der Waals surface area contributed by atoms with Crippen LogP contribution in [0.4, 0.5) is 0 Å². The second kappa shape index (κ2) is 7.84. The number of ether oxygens (including phenoxy) is 2. The molecule has 29 heavy (non-hydrogen) atoms. The van der Waals surface area contributed by atoms with Crippen LogP contribution >= 0.6 is 0 Å². The first kappa shape index (κ1) is 17.6. The Bertz CT molecular complexity index is 1000. The van der Waals surface area contributed by atoms with Crippen LogP contribution in [0, 0.1) is 0 Å². The van der Waals surface area contributed by atoms with Gasteiger partial charge in [0.1, 0.15) is 11.5 Å². The van der Waals surface area contributed by atoms with E-state index in [2.05, 4.69) is 48.5 Å². The van der Waals surface area contributed by atoms with Crippen molar-refractivity contribution in [2.75, 3.05) is 0 Å². The van der Waals surface area contributed by atoms with Gasteiger partial charge in [0.2, 0.25) is 6.29 Å². The normalized spacial score (nSPS) is 12.4. The Morgan fingerprint density at radius 1 is 0.517 bits per heavy atom. The van der Waals surface area contributed by atoms with Crippen LogP contribution in [0.3, 0.4) is 0 Å². The van der Waals surface area contributed by atoms with Gasteiger partial charge in [-0.2, -0.15) is 0 Å². The summed E-state index contributed by atoms with van der Waals surface area (Å²) in [6, 6.07) is 37.1. The molecule has 0 unspecified atom stereocenters. The highest BCUT2D eigenvalue weighted by molar-refractivity contribution is 5.78. The van der Waals surface area contributed by atoms with Crippen LogP contribution in [0.1, 0.15) is 23.5 Å². The molecule has 0 aromatic heterocycles. The van der Waals surface area contributed by atoms with Crippen molar-refractivity contribution < 1.29 is 9.47 Å². The van der Waals surface area contributed by atoms with Gasteiger partial charge in [0.15, 0.2) is 0 Å². The summed E-state index contributed by atoms with van der Waals surface area (Å²) in [4.78, 5) is 0. The van der Waals surface area contributed by atoms with Gasteiger partial charge in [-0.25, -0.2) is 0 Å². The van der Waals surface area contributed by atoms with Crippen molar-refractivity contribution in [3.8, 4) is 22.6 Å². The fourth-order valence-corrected chi connectivity index (χ4v) is 4.13. The van der Waals surface area contributed by atoms with E-state index in [-0.39, 0.29) is 5.92 Å². The van der Waals surface area contributed by atoms with E-state index in [4.69, 9.17) is 9.47 Å². The zero-order valence-electron chi connectivity index (χ0n) is 16.1. The topological polar surface area (TPSA) is 18.5 Å². The summed E-state index contributed by atoms with van der Waals surface area (Å²) < 4.78 is 12.6. The van der Waals surface area contributed by atoms with Gasteiger partial charge in [0, 0.05) is 12.3 Å². The number of hydrogen-bond donors (Lipinski definition) is 0. The maximum absolute atomic E-state index is 6.29. The minimum atomic E-state index is -0.399. The lowest BCUT2D eigenvalue weighted by atomic mass is 9.93. The molecule has 0 N–H and O–H groups in total. The predicted molar refractivity (Wildman–Crippen MR) is 116 cm³/mol. The molecular formula is C27H22O2. The predicted octanol–water partition coefficient (Wildman–Crippen LogP) is 6.67. The third-order valence-electron chi connectivity index (χ3n) is 5.41. The first-order chi connectivity index (χ1) is 14.4. The van der Waals surface area contributed by atoms with Gasteiger partial charge in [-0.1, -0.05) is 84.9 Å². The Labute approximate surface area is 171 Å². The molecule has 0 fully saturated rings. The Morgan fingerprint density at radius 2 is 0.931 bits per heavy atom. The highest BCUT2D eigenvalue weighted by atomic mass is 16.7. The Morgan fingerprint density at radius 3 is 1.41 bits per heavy atom. The van der Waals surface area contributed by atoms with Crippen molar-refractivity contribution in [3.05, 3.63) is 120 Å². The average Bonchev–Trinajstić information content (AvgIpc) is 3.09. The quantitative estimate of drug-likeness (QED) is 0.349. The van der Waals surface area contributed by atoms with Crippen LogP contribution in [-0.4, -0.2) is 6.29 Å². The highest BCUT2D eigenvalue weighted by Gasteiger charge is 2.31. The molecule has 0 amide bonds. The van der Waals surface area contributed by atoms with Gasteiger partial charge >= 0.3 is 0 Å². The molecule has 4 aromatic rings. The fourth-order valence-electron chi connectivity index (χ4n) is 4.13. The highest BCUT2D eigenvalue weighted by Crippen LogP contribution is 2.46. The van der Waals surface area contributed by atoms with Gasteiger partial charge in [-0.3, -0.25) is 0 Å². The molecule has 0 heterocycles. The molecule has 2 nitrogen and oxygen atoms in total. The molecule has 0 saturated heterocycles. The standard InChI is InChI=1S/C27H22O2/c1-3-11-20(12-4-1)28-27(29-21-13-5-2-6-14-21)19-26-24-17-9-7-15-22(24)23-16-8-10-18-25(23)26/h1-18,26-27H,19H2. The Kier molecular flexibility index (Phi) is 4.75. The molecule has 0 spiro atoms. The zero-order valence-corrected chi connectivity index (χ0v) is 16.1. The summed E-state index contributed by atoms with van der Waals surface area (Å²) in [7, 11) is 0. The molecule has 0 bridgehead atoms. The first-order valence-electron chi connectivity index (χ1n) is 10.00. The fraction of sp³-hybridized carbons (Fsp3) is 0.111. The van der Waals surface area contributed by atoms with Crippen molar-refractivity contribution in [1.82, 2.24) is 0 Å². The van der Waals surface area contributed by atoms with Crippen LogP contribution in [0.5, 0.6) is 11.5 Å². The summed E-state index contributed by atoms with van der Waals surface area (Å²) in [5.74, 6) is 1.86. The minimum absolute atomic E-state index is 0.236. The van der Waals surface area contributed by atoms with E-state index in [0.29, 0.717) is 0 Å². The second-order valence-electron chi connectivity index (χ2n) is 7.25. The SMILES string of the molecule is c1ccc(OC(CC2c3ccccc3-c3ccccc32)Oc2ccccc2)cc1. The van der Waals surface area contributed by atoms with Crippen molar-refractivity contribution >= 4 is 0 Å². The van der Waals surface area contributed by atoms with Crippen LogP contribution in [-0.2, 0) is 0 Å². The minimum Gasteiger partial charge on any atom is -0.455 e. The molecular weight excluding hydrogens is 356 g/mol.